The summed E-state index contributed by atoms with van der Waals surface area (Å²) in [6, 6.07) is 7.45. The highest BCUT2D eigenvalue weighted by atomic mass is 15.3. The smallest absolute Gasteiger partial charge is 0.162 e. The quantitative estimate of drug-likeness (QED) is 0.676. The van der Waals surface area contributed by atoms with Gasteiger partial charge in [-0.25, -0.2) is 0 Å². The average molecular weight is 238 g/mol. The minimum Gasteiger partial charge on any atom is -0.283 e. The number of hydrogen-bond acceptors (Lipinski definition) is 4. The van der Waals surface area contributed by atoms with E-state index in [1.807, 2.05) is 23.6 Å². The Morgan fingerprint density at radius 2 is 2.22 bits per heavy atom. The molecule has 3 heterocycles. The molecule has 3 aromatic heterocycles. The molecule has 0 N–H and O–H groups in total. The summed E-state index contributed by atoms with van der Waals surface area (Å²) in [5.74, 6) is 0.755. The molecule has 1 atom stereocenters. The van der Waals surface area contributed by atoms with Crippen LogP contribution >= 0.6 is 0 Å². The maximum absolute atomic E-state index is 8.93. The maximum Gasteiger partial charge on any atom is 0.162 e. The summed E-state index contributed by atoms with van der Waals surface area (Å²) in [5.41, 5.74) is 1.30. The predicted molar refractivity (Wildman–Crippen MR) is 63.7 cm³/mol. The van der Waals surface area contributed by atoms with Gasteiger partial charge >= 0.3 is 0 Å². The lowest BCUT2D eigenvalue weighted by Crippen LogP contribution is -2.11. The zero-order valence-corrected chi connectivity index (χ0v) is 9.72. The summed E-state index contributed by atoms with van der Waals surface area (Å²) < 4.78 is 3.63. The molecule has 6 nitrogen and oxygen atoms in total. The van der Waals surface area contributed by atoms with Crippen molar-refractivity contribution in [1.29, 1.82) is 5.26 Å². The van der Waals surface area contributed by atoms with Crippen molar-refractivity contribution in [2.24, 2.45) is 0 Å². The fourth-order valence-electron chi connectivity index (χ4n) is 1.89. The van der Waals surface area contributed by atoms with Gasteiger partial charge in [0.1, 0.15) is 12.1 Å². The number of rotatable bonds is 2. The molecule has 3 rings (SSSR count). The van der Waals surface area contributed by atoms with Crippen molar-refractivity contribution in [2.45, 2.75) is 13.0 Å². The number of nitriles is 1. The van der Waals surface area contributed by atoms with E-state index in [4.69, 9.17) is 5.26 Å². The summed E-state index contributed by atoms with van der Waals surface area (Å²) >= 11 is 0. The van der Waals surface area contributed by atoms with E-state index in [9.17, 15) is 0 Å². The molecule has 0 amide bonds. The van der Waals surface area contributed by atoms with Crippen LogP contribution in [0, 0.1) is 11.3 Å². The van der Waals surface area contributed by atoms with Crippen LogP contribution in [-0.2, 0) is 0 Å². The first kappa shape index (κ1) is 10.5. The Morgan fingerprint density at radius 3 is 2.94 bits per heavy atom. The zero-order chi connectivity index (χ0) is 12.5. The largest absolute Gasteiger partial charge is 0.283 e. The van der Waals surface area contributed by atoms with Crippen LogP contribution in [0.2, 0.25) is 0 Å². The minimum atomic E-state index is -0.0380. The first-order valence-corrected chi connectivity index (χ1v) is 5.53. The van der Waals surface area contributed by atoms with Crippen LogP contribution < -0.4 is 0 Å². The summed E-state index contributed by atoms with van der Waals surface area (Å²) in [7, 11) is 0. The molecule has 18 heavy (non-hydrogen) atoms. The first-order chi connectivity index (χ1) is 8.79. The van der Waals surface area contributed by atoms with Crippen molar-refractivity contribution in [2.75, 3.05) is 0 Å². The zero-order valence-electron chi connectivity index (χ0n) is 9.72. The minimum absolute atomic E-state index is 0.0380. The van der Waals surface area contributed by atoms with Crippen LogP contribution in [-0.4, -0.2) is 24.4 Å². The lowest BCUT2D eigenvalue weighted by molar-refractivity contribution is 0.532. The van der Waals surface area contributed by atoms with Crippen LogP contribution in [0.25, 0.3) is 5.65 Å². The van der Waals surface area contributed by atoms with Crippen LogP contribution in [0.15, 0.2) is 36.8 Å². The normalized spacial score (nSPS) is 12.4. The van der Waals surface area contributed by atoms with E-state index in [2.05, 4.69) is 21.4 Å². The molecule has 0 aliphatic carbocycles. The second kappa shape index (κ2) is 3.96. The first-order valence-electron chi connectivity index (χ1n) is 5.53. The van der Waals surface area contributed by atoms with Gasteiger partial charge in [-0.3, -0.25) is 9.08 Å². The van der Waals surface area contributed by atoms with E-state index < -0.39 is 0 Å². The molecule has 0 aliphatic heterocycles. The highest BCUT2D eigenvalue weighted by Gasteiger charge is 2.15. The third-order valence-electron chi connectivity index (χ3n) is 2.85. The van der Waals surface area contributed by atoms with Crippen molar-refractivity contribution >= 4 is 5.65 Å². The number of nitrogens with zero attached hydrogens (tertiary/aromatic N) is 6. The Labute approximate surface area is 103 Å². The highest BCUT2D eigenvalue weighted by Crippen LogP contribution is 2.16. The topological polar surface area (TPSA) is 71.8 Å². The van der Waals surface area contributed by atoms with Gasteiger partial charge in [-0.1, -0.05) is 0 Å². The number of fused-ring (bicyclic) bond motifs is 1. The Bertz CT molecular complexity index is 719. The lowest BCUT2D eigenvalue weighted by Gasteiger charge is -2.10. The molecule has 0 saturated heterocycles. The Balaban J connectivity index is 2.15. The van der Waals surface area contributed by atoms with E-state index in [0.29, 0.717) is 5.56 Å². The van der Waals surface area contributed by atoms with E-state index in [1.165, 1.54) is 0 Å². The Kier molecular flexibility index (Phi) is 2.31. The van der Waals surface area contributed by atoms with Gasteiger partial charge in [0, 0.05) is 18.6 Å². The van der Waals surface area contributed by atoms with Crippen LogP contribution in [0.5, 0.6) is 0 Å². The van der Waals surface area contributed by atoms with Crippen molar-refractivity contribution in [3.05, 3.63) is 48.2 Å². The standard InChI is InChI=1S/C12H10N6/c1-9(18-6-2-5-14-18)12-16-15-11-4-3-10(7-13)8-17(11)12/h2-6,8-9H,1H3. The molecule has 0 saturated carbocycles. The van der Waals surface area contributed by atoms with Gasteiger partial charge in [-0.05, 0) is 25.1 Å². The van der Waals surface area contributed by atoms with Crippen LogP contribution in [0.4, 0.5) is 0 Å². The van der Waals surface area contributed by atoms with Gasteiger partial charge in [0.25, 0.3) is 0 Å². The predicted octanol–water partition coefficient (Wildman–Crippen LogP) is 1.41. The van der Waals surface area contributed by atoms with Crippen molar-refractivity contribution < 1.29 is 0 Å². The third kappa shape index (κ3) is 1.53. The fraction of sp³-hybridized carbons (Fsp3) is 0.167. The van der Waals surface area contributed by atoms with Gasteiger partial charge in [-0.15, -0.1) is 10.2 Å². The number of pyridine rings is 1. The Morgan fingerprint density at radius 1 is 1.33 bits per heavy atom. The average Bonchev–Trinajstić information content (AvgIpc) is 3.06. The van der Waals surface area contributed by atoms with Crippen molar-refractivity contribution in [3.8, 4) is 6.07 Å². The summed E-state index contributed by atoms with van der Waals surface area (Å²) in [5, 5.41) is 21.4. The second-order valence-electron chi connectivity index (χ2n) is 3.98. The Hall–Kier alpha value is -2.68. The van der Waals surface area contributed by atoms with Gasteiger partial charge in [0.15, 0.2) is 11.5 Å². The third-order valence-corrected chi connectivity index (χ3v) is 2.85. The van der Waals surface area contributed by atoms with E-state index in [1.54, 1.807) is 29.2 Å². The molecule has 1 unspecified atom stereocenters. The number of aromatic nitrogens is 5. The number of hydrogen-bond donors (Lipinski definition) is 0. The molecule has 0 fully saturated rings. The van der Waals surface area contributed by atoms with E-state index in [0.717, 1.165) is 11.5 Å². The molecule has 6 heteroatoms. The molecule has 3 aromatic rings. The summed E-state index contributed by atoms with van der Waals surface area (Å²) in [6.07, 6.45) is 5.34. The van der Waals surface area contributed by atoms with Gasteiger partial charge in [-0.2, -0.15) is 10.4 Å². The van der Waals surface area contributed by atoms with Gasteiger partial charge < -0.3 is 0 Å². The molecule has 0 aliphatic rings. The lowest BCUT2D eigenvalue weighted by atomic mass is 10.3. The van der Waals surface area contributed by atoms with Crippen LogP contribution in [0.1, 0.15) is 24.4 Å². The van der Waals surface area contributed by atoms with E-state index >= 15 is 0 Å². The van der Waals surface area contributed by atoms with Gasteiger partial charge in [0.05, 0.1) is 5.56 Å². The molecule has 0 spiro atoms. The van der Waals surface area contributed by atoms with Crippen molar-refractivity contribution in [1.82, 2.24) is 24.4 Å². The molecule has 88 valence electrons. The summed E-state index contributed by atoms with van der Waals surface area (Å²) in [4.78, 5) is 0. The SMILES string of the molecule is CC(c1nnc2ccc(C#N)cn12)n1cccn1. The molecule has 0 aromatic carbocycles. The van der Waals surface area contributed by atoms with Gasteiger partial charge in [0.2, 0.25) is 0 Å². The van der Waals surface area contributed by atoms with E-state index in [-0.39, 0.29) is 6.04 Å². The molecule has 0 radical (unpaired) electrons. The molecular formula is C12H10N6. The molecule has 0 bridgehead atoms. The molecular weight excluding hydrogens is 228 g/mol. The van der Waals surface area contributed by atoms with Crippen LogP contribution in [0.3, 0.4) is 0 Å². The fourth-order valence-corrected chi connectivity index (χ4v) is 1.89. The van der Waals surface area contributed by atoms with Crippen molar-refractivity contribution in [3.63, 3.8) is 0 Å². The second-order valence-corrected chi connectivity index (χ2v) is 3.98. The monoisotopic (exact) mass is 238 g/mol. The highest BCUT2D eigenvalue weighted by molar-refractivity contribution is 5.42. The maximum atomic E-state index is 8.93. The summed E-state index contributed by atoms with van der Waals surface area (Å²) in [6.45, 7) is 1.99.